The average molecular weight is 366 g/mol. The van der Waals surface area contributed by atoms with Crippen LogP contribution in [0.25, 0.3) is 0 Å². The Morgan fingerprint density at radius 2 is 1.89 bits per heavy atom. The molecule has 0 fully saturated rings. The van der Waals surface area contributed by atoms with E-state index in [0.29, 0.717) is 18.8 Å². The minimum absolute atomic E-state index is 0.0731. The highest BCUT2D eigenvalue weighted by molar-refractivity contribution is 6.39. The van der Waals surface area contributed by atoms with Crippen LogP contribution in [-0.2, 0) is 9.59 Å². The Hall–Kier alpha value is -3.35. The molecular formula is C20H22N4O3. The summed E-state index contributed by atoms with van der Waals surface area (Å²) in [5, 5.41) is 1.36. The standard InChI is InChI=1S/C20H22N4O3/c1-15-8-10-16(11-9-15)24-18(25)14-21-19(22-24)20(26)23(2)12-13-27-17-6-4-3-5-7-17/h3-11H,12-14H2,1-2H3,(H,21,22). The van der Waals surface area contributed by atoms with Crippen molar-refractivity contribution in [1.82, 2.24) is 10.3 Å². The number of aryl methyl sites for hydroxylation is 1. The van der Waals surface area contributed by atoms with Crippen LogP contribution in [0.5, 0.6) is 5.75 Å². The quantitative estimate of drug-likeness (QED) is 0.846. The van der Waals surface area contributed by atoms with Crippen LogP contribution in [0, 0.1) is 6.92 Å². The third-order valence-corrected chi connectivity index (χ3v) is 4.12. The maximum atomic E-state index is 12.6. The van der Waals surface area contributed by atoms with Crippen molar-refractivity contribution in [2.75, 3.05) is 31.8 Å². The van der Waals surface area contributed by atoms with Gasteiger partial charge in [0.1, 0.15) is 18.9 Å². The Kier molecular flexibility index (Phi) is 5.71. The first-order valence-corrected chi connectivity index (χ1v) is 8.68. The number of carbonyl (C=O) groups is 2. The molecule has 0 spiro atoms. The van der Waals surface area contributed by atoms with Crippen molar-refractivity contribution in [1.29, 1.82) is 0 Å². The summed E-state index contributed by atoms with van der Waals surface area (Å²) >= 11 is 0. The highest BCUT2D eigenvalue weighted by Crippen LogP contribution is 2.15. The molecule has 2 amide bonds. The Bertz CT molecular complexity index is 834. The number of hydrogen-bond donors (Lipinski definition) is 1. The lowest BCUT2D eigenvalue weighted by atomic mass is 10.2. The van der Waals surface area contributed by atoms with Gasteiger partial charge in [0.2, 0.25) is 5.84 Å². The number of carbonyl (C=O) groups excluding carboxylic acids is 2. The molecule has 140 valence electrons. The number of ether oxygens (including phenoxy) is 1. The summed E-state index contributed by atoms with van der Waals surface area (Å²) in [5.74, 6) is 0.377. The fourth-order valence-electron chi connectivity index (χ4n) is 2.54. The Labute approximate surface area is 158 Å². The summed E-state index contributed by atoms with van der Waals surface area (Å²) in [5.41, 5.74) is 4.59. The number of para-hydroxylation sites is 1. The first kappa shape index (κ1) is 18.4. The van der Waals surface area contributed by atoms with E-state index in [9.17, 15) is 9.59 Å². The fourth-order valence-corrected chi connectivity index (χ4v) is 2.54. The monoisotopic (exact) mass is 366 g/mol. The number of benzene rings is 2. The van der Waals surface area contributed by atoms with Crippen molar-refractivity contribution in [3.8, 4) is 5.75 Å². The number of hydrogen-bond acceptors (Lipinski definition) is 5. The molecule has 2 aromatic rings. The van der Waals surface area contributed by atoms with Crippen LogP contribution in [0.15, 0.2) is 59.6 Å². The SMILES string of the molecule is Cc1ccc(N2NC(C(=O)N(C)CCOc3ccccc3)=NCC2=O)cc1. The number of hydrazine groups is 1. The van der Waals surface area contributed by atoms with Crippen molar-refractivity contribution < 1.29 is 14.3 Å². The highest BCUT2D eigenvalue weighted by atomic mass is 16.5. The van der Waals surface area contributed by atoms with E-state index >= 15 is 0 Å². The molecule has 0 radical (unpaired) electrons. The van der Waals surface area contributed by atoms with Gasteiger partial charge in [-0.05, 0) is 31.2 Å². The summed E-state index contributed by atoms with van der Waals surface area (Å²) in [7, 11) is 1.67. The lowest BCUT2D eigenvalue weighted by molar-refractivity contribution is -0.123. The zero-order chi connectivity index (χ0) is 19.2. The first-order chi connectivity index (χ1) is 13.0. The van der Waals surface area contributed by atoms with E-state index in [1.54, 1.807) is 7.05 Å². The van der Waals surface area contributed by atoms with E-state index in [1.165, 1.54) is 9.91 Å². The molecule has 27 heavy (non-hydrogen) atoms. The number of nitrogens with one attached hydrogen (secondary N) is 1. The molecule has 0 atom stereocenters. The van der Waals surface area contributed by atoms with Crippen LogP contribution in [0.1, 0.15) is 5.56 Å². The van der Waals surface area contributed by atoms with Gasteiger partial charge in [-0.25, -0.2) is 5.01 Å². The van der Waals surface area contributed by atoms with Gasteiger partial charge < -0.3 is 9.64 Å². The molecule has 2 aromatic carbocycles. The summed E-state index contributed by atoms with van der Waals surface area (Å²) in [4.78, 5) is 30.4. The molecule has 7 nitrogen and oxygen atoms in total. The number of rotatable bonds is 6. The number of aliphatic imine (C=N–C) groups is 1. The minimum atomic E-state index is -0.295. The van der Waals surface area contributed by atoms with Gasteiger partial charge in [0, 0.05) is 7.05 Å². The Morgan fingerprint density at radius 3 is 2.59 bits per heavy atom. The van der Waals surface area contributed by atoms with Crippen LogP contribution in [0.4, 0.5) is 5.69 Å². The van der Waals surface area contributed by atoms with Crippen LogP contribution in [0.2, 0.25) is 0 Å². The van der Waals surface area contributed by atoms with Crippen molar-refractivity contribution in [2.24, 2.45) is 4.99 Å². The number of anilines is 1. The minimum Gasteiger partial charge on any atom is -0.492 e. The van der Waals surface area contributed by atoms with E-state index in [1.807, 2.05) is 61.5 Å². The van der Waals surface area contributed by atoms with Gasteiger partial charge in [0.15, 0.2) is 0 Å². The number of likely N-dealkylation sites (N-methyl/N-ethyl adjacent to an activating group) is 1. The fraction of sp³-hybridized carbons (Fsp3) is 0.250. The van der Waals surface area contributed by atoms with E-state index in [-0.39, 0.29) is 24.2 Å². The Morgan fingerprint density at radius 1 is 1.19 bits per heavy atom. The summed E-state index contributed by atoms with van der Waals surface area (Å²) in [6.07, 6.45) is 0. The van der Waals surface area contributed by atoms with Gasteiger partial charge in [-0.3, -0.25) is 20.0 Å². The smallest absolute Gasteiger partial charge is 0.290 e. The second kappa shape index (κ2) is 8.35. The Balaban J connectivity index is 1.58. The van der Waals surface area contributed by atoms with Crippen molar-refractivity contribution in [2.45, 2.75) is 6.92 Å². The lowest BCUT2D eigenvalue weighted by Gasteiger charge is -2.29. The van der Waals surface area contributed by atoms with Gasteiger partial charge in [-0.15, -0.1) is 0 Å². The molecule has 0 aliphatic carbocycles. The van der Waals surface area contributed by atoms with Gasteiger partial charge in [-0.2, -0.15) is 0 Å². The first-order valence-electron chi connectivity index (χ1n) is 8.68. The number of amidine groups is 1. The summed E-state index contributed by atoms with van der Waals surface area (Å²) < 4.78 is 5.61. The number of nitrogens with zero attached hydrogens (tertiary/aromatic N) is 3. The number of amides is 2. The van der Waals surface area contributed by atoms with E-state index < -0.39 is 0 Å². The maximum absolute atomic E-state index is 12.6. The van der Waals surface area contributed by atoms with Crippen molar-refractivity contribution >= 4 is 23.3 Å². The van der Waals surface area contributed by atoms with Crippen LogP contribution < -0.4 is 15.2 Å². The molecule has 0 saturated heterocycles. The maximum Gasteiger partial charge on any atom is 0.290 e. The molecule has 1 aliphatic heterocycles. The molecule has 3 rings (SSSR count). The largest absolute Gasteiger partial charge is 0.492 e. The molecule has 1 heterocycles. The molecule has 0 aromatic heterocycles. The molecule has 1 aliphatic rings. The van der Waals surface area contributed by atoms with Gasteiger partial charge in [-0.1, -0.05) is 35.9 Å². The third-order valence-electron chi connectivity index (χ3n) is 4.12. The second-order valence-corrected chi connectivity index (χ2v) is 6.23. The molecule has 0 unspecified atom stereocenters. The topological polar surface area (TPSA) is 74.2 Å². The van der Waals surface area contributed by atoms with Crippen LogP contribution in [0.3, 0.4) is 0 Å². The van der Waals surface area contributed by atoms with E-state index in [4.69, 9.17) is 4.74 Å². The van der Waals surface area contributed by atoms with Crippen molar-refractivity contribution in [3.63, 3.8) is 0 Å². The molecular weight excluding hydrogens is 344 g/mol. The molecule has 1 N–H and O–H groups in total. The third kappa shape index (κ3) is 4.63. The van der Waals surface area contributed by atoms with Gasteiger partial charge >= 0.3 is 0 Å². The van der Waals surface area contributed by atoms with E-state index in [0.717, 1.165) is 11.3 Å². The van der Waals surface area contributed by atoms with Crippen molar-refractivity contribution in [3.05, 3.63) is 60.2 Å². The predicted octanol–water partition coefficient (Wildman–Crippen LogP) is 1.78. The summed E-state index contributed by atoms with van der Waals surface area (Å²) in [6, 6.07) is 16.9. The predicted molar refractivity (Wildman–Crippen MR) is 104 cm³/mol. The highest BCUT2D eigenvalue weighted by Gasteiger charge is 2.27. The lowest BCUT2D eigenvalue weighted by Crippen LogP contribution is -2.56. The second-order valence-electron chi connectivity index (χ2n) is 6.23. The zero-order valence-corrected chi connectivity index (χ0v) is 15.4. The van der Waals surface area contributed by atoms with Crippen LogP contribution in [-0.4, -0.2) is 49.3 Å². The zero-order valence-electron chi connectivity index (χ0n) is 15.4. The molecule has 0 saturated carbocycles. The molecule has 7 heteroatoms. The summed E-state index contributed by atoms with van der Waals surface area (Å²) in [6.45, 7) is 2.65. The van der Waals surface area contributed by atoms with E-state index in [2.05, 4.69) is 10.4 Å². The average Bonchev–Trinajstić information content (AvgIpc) is 2.69. The molecule has 0 bridgehead atoms. The van der Waals surface area contributed by atoms with Gasteiger partial charge in [0.05, 0.1) is 12.2 Å². The van der Waals surface area contributed by atoms with Gasteiger partial charge in [0.25, 0.3) is 11.8 Å². The normalized spacial score (nSPS) is 13.6. The van der Waals surface area contributed by atoms with Crippen LogP contribution >= 0.6 is 0 Å².